The maximum Gasteiger partial charge on any atom is 0.319 e. The van der Waals surface area contributed by atoms with Crippen LogP contribution in [0.15, 0.2) is 24.3 Å². The molecule has 0 saturated heterocycles. The van der Waals surface area contributed by atoms with Gasteiger partial charge in [0.25, 0.3) is 0 Å². The lowest BCUT2D eigenvalue weighted by Crippen LogP contribution is -2.34. The molecular formula is C11H15N3O5S. The van der Waals surface area contributed by atoms with E-state index >= 15 is 0 Å². The maximum atomic E-state index is 11.5. The number of urea groups is 1. The number of carboxylic acid groups (broad SMARTS) is 1. The van der Waals surface area contributed by atoms with Gasteiger partial charge >= 0.3 is 12.0 Å². The summed E-state index contributed by atoms with van der Waals surface area (Å²) in [4.78, 5) is 22.0. The van der Waals surface area contributed by atoms with Crippen molar-refractivity contribution in [3.63, 3.8) is 0 Å². The first-order chi connectivity index (χ1) is 9.26. The van der Waals surface area contributed by atoms with Crippen molar-refractivity contribution in [1.82, 2.24) is 5.32 Å². The molecule has 0 spiro atoms. The third kappa shape index (κ3) is 6.71. The number of carbonyl (C=O) groups is 2. The topological polar surface area (TPSA) is 139 Å². The van der Waals surface area contributed by atoms with Gasteiger partial charge in [0.2, 0.25) is 10.0 Å². The predicted molar refractivity (Wildman–Crippen MR) is 72.8 cm³/mol. The molecule has 1 aromatic carbocycles. The number of rotatable bonds is 6. The van der Waals surface area contributed by atoms with E-state index in [2.05, 4.69) is 10.6 Å². The van der Waals surface area contributed by atoms with Gasteiger partial charge in [-0.25, -0.2) is 18.4 Å². The Bertz CT molecular complexity index is 600. The van der Waals surface area contributed by atoms with Crippen molar-refractivity contribution in [2.24, 2.45) is 5.14 Å². The van der Waals surface area contributed by atoms with Crippen LogP contribution < -0.4 is 15.8 Å². The second-order valence-electron chi connectivity index (χ2n) is 4.02. The van der Waals surface area contributed by atoms with Crippen molar-refractivity contribution in [3.05, 3.63) is 29.8 Å². The standard InChI is InChI=1S/C11H15N3O5S/c12-20(18,19)5-4-13-11(17)14-9-3-1-2-8(6-9)7-10(15)16/h1-3,6H,4-5,7H2,(H,15,16)(H2,12,18,19)(H2,13,14,17). The van der Waals surface area contributed by atoms with Crippen LogP contribution in [0, 0.1) is 0 Å². The summed E-state index contributed by atoms with van der Waals surface area (Å²) >= 11 is 0. The third-order valence-electron chi connectivity index (χ3n) is 2.21. The Hall–Kier alpha value is -2.13. The average Bonchev–Trinajstić information content (AvgIpc) is 2.26. The van der Waals surface area contributed by atoms with Gasteiger partial charge in [-0.2, -0.15) is 0 Å². The van der Waals surface area contributed by atoms with E-state index in [0.29, 0.717) is 11.3 Å². The van der Waals surface area contributed by atoms with Gasteiger partial charge in [0, 0.05) is 12.2 Å². The van der Waals surface area contributed by atoms with E-state index in [0.717, 1.165) is 0 Å². The van der Waals surface area contributed by atoms with Gasteiger partial charge in [0.1, 0.15) is 0 Å². The van der Waals surface area contributed by atoms with Crippen LogP contribution in [0.3, 0.4) is 0 Å². The van der Waals surface area contributed by atoms with Crippen LogP contribution >= 0.6 is 0 Å². The molecule has 9 heteroatoms. The van der Waals surface area contributed by atoms with E-state index in [1.165, 1.54) is 6.07 Å². The largest absolute Gasteiger partial charge is 0.481 e. The zero-order chi connectivity index (χ0) is 15.2. The number of primary sulfonamides is 1. The minimum atomic E-state index is -3.62. The smallest absolute Gasteiger partial charge is 0.319 e. The van der Waals surface area contributed by atoms with Crippen LogP contribution in [0.5, 0.6) is 0 Å². The second-order valence-corrected chi connectivity index (χ2v) is 5.75. The van der Waals surface area contributed by atoms with Crippen molar-refractivity contribution < 1.29 is 23.1 Å². The lowest BCUT2D eigenvalue weighted by Gasteiger charge is -2.08. The fourth-order valence-corrected chi connectivity index (χ4v) is 1.80. The van der Waals surface area contributed by atoms with Gasteiger partial charge < -0.3 is 15.7 Å². The molecule has 1 rings (SSSR count). The first-order valence-corrected chi connectivity index (χ1v) is 7.34. The summed E-state index contributed by atoms with van der Waals surface area (Å²) in [6.07, 6.45) is -0.150. The molecule has 0 bridgehead atoms. The predicted octanol–water partition coefficient (Wildman–Crippen LogP) is -0.276. The van der Waals surface area contributed by atoms with Gasteiger partial charge in [-0.3, -0.25) is 4.79 Å². The third-order valence-corrected chi connectivity index (χ3v) is 2.99. The van der Waals surface area contributed by atoms with Crippen LogP contribution in [-0.4, -0.2) is 37.8 Å². The number of carboxylic acids is 1. The van der Waals surface area contributed by atoms with E-state index in [9.17, 15) is 18.0 Å². The molecule has 0 aromatic heterocycles. The highest BCUT2D eigenvalue weighted by atomic mass is 32.2. The van der Waals surface area contributed by atoms with Gasteiger partial charge in [-0.1, -0.05) is 12.1 Å². The van der Waals surface area contributed by atoms with Gasteiger partial charge in [-0.15, -0.1) is 0 Å². The first-order valence-electron chi connectivity index (χ1n) is 5.62. The Labute approximate surface area is 116 Å². The van der Waals surface area contributed by atoms with Crippen LogP contribution in [0.2, 0.25) is 0 Å². The van der Waals surface area contributed by atoms with Crippen LogP contribution in [-0.2, 0) is 21.2 Å². The van der Waals surface area contributed by atoms with Gasteiger partial charge in [0.15, 0.2) is 0 Å². The summed E-state index contributed by atoms with van der Waals surface area (Å²) in [5.74, 6) is -1.33. The van der Waals surface area contributed by atoms with E-state index in [-0.39, 0.29) is 18.7 Å². The molecule has 0 saturated carbocycles. The molecule has 0 heterocycles. The summed E-state index contributed by atoms with van der Waals surface area (Å²) in [5, 5.41) is 18.2. The average molecular weight is 301 g/mol. The van der Waals surface area contributed by atoms with Gasteiger partial charge in [-0.05, 0) is 17.7 Å². The Morgan fingerprint density at radius 3 is 2.60 bits per heavy atom. The SMILES string of the molecule is NS(=O)(=O)CCNC(=O)Nc1cccc(CC(=O)O)c1. The molecule has 0 aliphatic rings. The molecule has 1 aromatic rings. The normalized spacial score (nSPS) is 10.8. The molecule has 8 nitrogen and oxygen atoms in total. The monoisotopic (exact) mass is 301 g/mol. The van der Waals surface area contributed by atoms with Crippen LogP contribution in [0.4, 0.5) is 10.5 Å². The van der Waals surface area contributed by atoms with E-state index < -0.39 is 22.0 Å². The zero-order valence-corrected chi connectivity index (χ0v) is 11.3. The Morgan fingerprint density at radius 2 is 2.00 bits per heavy atom. The van der Waals surface area contributed by atoms with Crippen LogP contribution in [0.25, 0.3) is 0 Å². The Kier molecular flexibility index (Phi) is 5.47. The molecule has 2 amide bonds. The molecule has 0 fully saturated rings. The van der Waals surface area contributed by atoms with E-state index in [1.54, 1.807) is 18.2 Å². The lowest BCUT2D eigenvalue weighted by molar-refractivity contribution is -0.136. The van der Waals surface area contributed by atoms with Crippen molar-refractivity contribution in [1.29, 1.82) is 0 Å². The number of aliphatic carboxylic acids is 1. The Balaban J connectivity index is 2.51. The molecular weight excluding hydrogens is 286 g/mol. The number of nitrogens with one attached hydrogen (secondary N) is 2. The second kappa shape index (κ2) is 6.87. The first kappa shape index (κ1) is 15.9. The number of sulfonamides is 1. The number of carbonyl (C=O) groups excluding carboxylic acids is 1. The minimum Gasteiger partial charge on any atom is -0.481 e. The van der Waals surface area contributed by atoms with Crippen molar-refractivity contribution in [2.45, 2.75) is 6.42 Å². The molecule has 0 aliphatic heterocycles. The van der Waals surface area contributed by atoms with Crippen LogP contribution in [0.1, 0.15) is 5.56 Å². The van der Waals surface area contributed by atoms with Crippen molar-refractivity contribution >= 4 is 27.7 Å². The highest BCUT2D eigenvalue weighted by Gasteiger charge is 2.06. The van der Waals surface area contributed by atoms with Crippen molar-refractivity contribution in [2.75, 3.05) is 17.6 Å². The number of hydrogen-bond donors (Lipinski definition) is 4. The Morgan fingerprint density at radius 1 is 1.30 bits per heavy atom. The number of hydrogen-bond acceptors (Lipinski definition) is 4. The molecule has 20 heavy (non-hydrogen) atoms. The lowest BCUT2D eigenvalue weighted by atomic mass is 10.1. The molecule has 0 unspecified atom stereocenters. The quantitative estimate of drug-likeness (QED) is 0.572. The molecule has 0 radical (unpaired) electrons. The number of anilines is 1. The summed E-state index contributed by atoms with van der Waals surface area (Å²) < 4.78 is 21.3. The fraction of sp³-hybridized carbons (Fsp3) is 0.273. The number of amides is 2. The minimum absolute atomic E-state index is 0.112. The van der Waals surface area contributed by atoms with Crippen molar-refractivity contribution in [3.8, 4) is 0 Å². The molecule has 0 aliphatic carbocycles. The summed E-state index contributed by atoms with van der Waals surface area (Å²) in [5.41, 5.74) is 0.955. The van der Waals surface area contributed by atoms with Gasteiger partial charge in [0.05, 0.1) is 12.2 Å². The number of benzene rings is 1. The fourth-order valence-electron chi connectivity index (χ4n) is 1.42. The molecule has 5 N–H and O–H groups in total. The summed E-state index contributed by atoms with van der Waals surface area (Å²) in [7, 11) is -3.62. The number of nitrogens with two attached hydrogens (primary N) is 1. The summed E-state index contributed by atoms with van der Waals surface area (Å²) in [6.45, 7) is -0.112. The highest BCUT2D eigenvalue weighted by Crippen LogP contribution is 2.11. The zero-order valence-electron chi connectivity index (χ0n) is 10.5. The van der Waals surface area contributed by atoms with E-state index in [4.69, 9.17) is 10.2 Å². The molecule has 0 atom stereocenters. The molecule has 110 valence electrons. The summed E-state index contributed by atoms with van der Waals surface area (Å²) in [6, 6.07) is 5.75. The van der Waals surface area contributed by atoms with E-state index in [1.807, 2.05) is 0 Å². The maximum absolute atomic E-state index is 11.5. The highest BCUT2D eigenvalue weighted by molar-refractivity contribution is 7.89.